The number of aryl methyl sites for hydroxylation is 1. The van der Waals surface area contributed by atoms with E-state index in [9.17, 15) is 18.0 Å². The Labute approximate surface area is 220 Å². The Balaban J connectivity index is 1.62. The number of fused-ring (bicyclic) bond motifs is 1. The Morgan fingerprint density at radius 3 is 2.53 bits per heavy atom. The largest absolute Gasteiger partial charge is 0.444 e. The zero-order chi connectivity index (χ0) is 27.8. The highest BCUT2D eigenvalue weighted by Gasteiger charge is 2.33. The molecule has 0 radical (unpaired) electrons. The van der Waals surface area contributed by atoms with Crippen LogP contribution in [0.15, 0.2) is 36.5 Å². The van der Waals surface area contributed by atoms with E-state index in [1.165, 1.54) is 13.0 Å². The normalized spacial score (nSPS) is 15.3. The third kappa shape index (κ3) is 6.06. The molecular formula is C28H32F3N5O2. The highest BCUT2D eigenvalue weighted by Crippen LogP contribution is 2.36. The van der Waals surface area contributed by atoms with Crippen molar-refractivity contribution >= 4 is 28.5 Å². The molecule has 38 heavy (non-hydrogen) atoms. The number of ether oxygens (including phenoxy) is 1. The van der Waals surface area contributed by atoms with Crippen molar-refractivity contribution in [1.82, 2.24) is 19.9 Å². The highest BCUT2D eigenvalue weighted by molar-refractivity contribution is 5.89. The molecule has 1 unspecified atom stereocenters. The molecule has 0 saturated heterocycles. The summed E-state index contributed by atoms with van der Waals surface area (Å²) in [5.41, 5.74) is 1.90. The minimum Gasteiger partial charge on any atom is -0.444 e. The second kappa shape index (κ2) is 10.2. The van der Waals surface area contributed by atoms with Gasteiger partial charge in [-0.25, -0.2) is 19.7 Å². The van der Waals surface area contributed by atoms with Crippen LogP contribution in [0.2, 0.25) is 0 Å². The number of carbonyl (C=O) groups excluding carboxylic acids is 1. The molecule has 1 amide bonds. The van der Waals surface area contributed by atoms with Gasteiger partial charge >= 0.3 is 12.3 Å². The molecule has 4 rings (SSSR count). The van der Waals surface area contributed by atoms with Crippen molar-refractivity contribution < 1.29 is 22.7 Å². The van der Waals surface area contributed by atoms with Gasteiger partial charge in [0, 0.05) is 19.3 Å². The lowest BCUT2D eigenvalue weighted by Crippen LogP contribution is -2.39. The van der Waals surface area contributed by atoms with Gasteiger partial charge in [-0.05, 0) is 82.4 Å². The van der Waals surface area contributed by atoms with Gasteiger partial charge in [0.1, 0.15) is 17.2 Å². The third-order valence-corrected chi connectivity index (χ3v) is 6.40. The van der Waals surface area contributed by atoms with Gasteiger partial charge in [-0.1, -0.05) is 18.2 Å². The van der Waals surface area contributed by atoms with Crippen LogP contribution in [-0.4, -0.2) is 44.6 Å². The topological polar surface area (TPSA) is 80.2 Å². The smallest absolute Gasteiger partial charge is 0.416 e. The summed E-state index contributed by atoms with van der Waals surface area (Å²) in [4.78, 5) is 27.6. The van der Waals surface area contributed by atoms with Crippen molar-refractivity contribution in [3.8, 4) is 0 Å². The number of rotatable bonds is 4. The van der Waals surface area contributed by atoms with E-state index in [-0.39, 0.29) is 11.7 Å². The van der Waals surface area contributed by atoms with Crippen molar-refractivity contribution in [2.45, 2.75) is 65.8 Å². The van der Waals surface area contributed by atoms with Crippen molar-refractivity contribution in [1.29, 1.82) is 0 Å². The van der Waals surface area contributed by atoms with E-state index in [4.69, 9.17) is 4.74 Å². The van der Waals surface area contributed by atoms with Crippen LogP contribution in [0.4, 0.5) is 23.8 Å². The van der Waals surface area contributed by atoms with Crippen LogP contribution in [0.1, 0.15) is 68.2 Å². The van der Waals surface area contributed by atoms with Crippen LogP contribution in [0, 0.1) is 13.8 Å². The lowest BCUT2D eigenvalue weighted by Gasteiger charge is -2.29. The minimum absolute atomic E-state index is 0.177. The van der Waals surface area contributed by atoms with E-state index in [0.717, 1.165) is 17.2 Å². The summed E-state index contributed by atoms with van der Waals surface area (Å²) in [6.45, 7) is 11.5. The number of nitrogens with zero attached hydrogens (tertiary/aromatic N) is 4. The van der Waals surface area contributed by atoms with E-state index in [1.54, 1.807) is 31.0 Å². The van der Waals surface area contributed by atoms with Crippen molar-refractivity contribution in [2.24, 2.45) is 0 Å². The average molecular weight is 528 g/mol. The number of halogens is 3. The molecule has 202 valence electrons. The zero-order valence-corrected chi connectivity index (χ0v) is 22.4. The van der Waals surface area contributed by atoms with Crippen molar-refractivity contribution in [3.05, 3.63) is 64.6 Å². The standard InChI is InChI=1S/C28H32F3N5O2/c1-16-21(8-7-9-23(16)28(29,30)31)17(2)33-25-22-14-20(15-32-24(22)34-18(3)35-25)19-10-12-36(13-11-19)26(37)38-27(4,5)6/h7-10,14-15,17H,11-13H2,1-6H3,(H,32,33,34,35). The SMILES string of the molecule is Cc1nc(NC(C)c2cccc(C(F)(F)F)c2C)c2cc(C3=CCN(C(=O)OC(C)(C)C)CC3)cnc2n1. The molecule has 0 fully saturated rings. The van der Waals surface area contributed by atoms with Gasteiger partial charge in [0.2, 0.25) is 0 Å². The van der Waals surface area contributed by atoms with Gasteiger partial charge < -0.3 is 15.0 Å². The summed E-state index contributed by atoms with van der Waals surface area (Å²) >= 11 is 0. The number of anilines is 1. The Kier molecular flexibility index (Phi) is 7.36. The summed E-state index contributed by atoms with van der Waals surface area (Å²) in [6.07, 6.45) is -0.426. The Morgan fingerprint density at radius 2 is 1.89 bits per heavy atom. The third-order valence-electron chi connectivity index (χ3n) is 6.40. The number of aromatic nitrogens is 3. The van der Waals surface area contributed by atoms with E-state index in [0.29, 0.717) is 47.7 Å². The number of nitrogens with one attached hydrogen (secondary N) is 1. The molecule has 0 saturated carbocycles. The number of pyridine rings is 1. The first-order valence-corrected chi connectivity index (χ1v) is 12.5. The zero-order valence-electron chi connectivity index (χ0n) is 22.4. The maximum absolute atomic E-state index is 13.5. The fraction of sp³-hybridized carbons (Fsp3) is 0.429. The second-order valence-electron chi connectivity index (χ2n) is 10.5. The van der Waals surface area contributed by atoms with Gasteiger partial charge in [0.25, 0.3) is 0 Å². The van der Waals surface area contributed by atoms with E-state index in [2.05, 4.69) is 20.3 Å². The van der Waals surface area contributed by atoms with Crippen molar-refractivity contribution in [2.75, 3.05) is 18.4 Å². The van der Waals surface area contributed by atoms with E-state index >= 15 is 0 Å². The molecule has 1 aliphatic rings. The van der Waals surface area contributed by atoms with E-state index in [1.807, 2.05) is 32.9 Å². The monoisotopic (exact) mass is 527 g/mol. The molecule has 1 atom stereocenters. The molecule has 1 N–H and O–H groups in total. The molecule has 7 nitrogen and oxygen atoms in total. The van der Waals surface area contributed by atoms with Crippen LogP contribution in [-0.2, 0) is 10.9 Å². The van der Waals surface area contributed by atoms with Crippen molar-refractivity contribution in [3.63, 3.8) is 0 Å². The van der Waals surface area contributed by atoms with Gasteiger partial charge in [-0.2, -0.15) is 13.2 Å². The predicted molar refractivity (Wildman–Crippen MR) is 141 cm³/mol. The van der Waals surface area contributed by atoms with Crippen LogP contribution < -0.4 is 5.32 Å². The summed E-state index contributed by atoms with van der Waals surface area (Å²) in [7, 11) is 0. The Bertz CT molecular complexity index is 1400. The van der Waals surface area contributed by atoms with Crippen LogP contribution in [0.5, 0.6) is 0 Å². The maximum Gasteiger partial charge on any atom is 0.416 e. The molecule has 1 aromatic carbocycles. The number of hydrogen-bond donors (Lipinski definition) is 1. The first-order valence-electron chi connectivity index (χ1n) is 12.5. The summed E-state index contributed by atoms with van der Waals surface area (Å²) in [5, 5.41) is 3.95. The molecule has 3 heterocycles. The van der Waals surface area contributed by atoms with Gasteiger partial charge in [0.05, 0.1) is 17.0 Å². The Morgan fingerprint density at radius 1 is 1.16 bits per heavy atom. The number of amides is 1. The highest BCUT2D eigenvalue weighted by atomic mass is 19.4. The average Bonchev–Trinajstić information content (AvgIpc) is 2.82. The lowest BCUT2D eigenvalue weighted by molar-refractivity contribution is -0.138. The predicted octanol–water partition coefficient (Wildman–Crippen LogP) is 6.86. The maximum atomic E-state index is 13.5. The quantitative estimate of drug-likeness (QED) is 0.399. The van der Waals surface area contributed by atoms with Crippen LogP contribution in [0.25, 0.3) is 16.6 Å². The summed E-state index contributed by atoms with van der Waals surface area (Å²) < 4.78 is 45.8. The fourth-order valence-electron chi connectivity index (χ4n) is 4.54. The van der Waals surface area contributed by atoms with E-state index < -0.39 is 23.4 Å². The minimum atomic E-state index is -4.43. The number of hydrogen-bond acceptors (Lipinski definition) is 6. The molecule has 3 aromatic rings. The molecule has 1 aliphatic heterocycles. The van der Waals surface area contributed by atoms with Crippen LogP contribution in [0.3, 0.4) is 0 Å². The molecule has 0 bridgehead atoms. The Hall–Kier alpha value is -3.69. The first kappa shape index (κ1) is 27.3. The molecule has 10 heteroatoms. The second-order valence-corrected chi connectivity index (χ2v) is 10.5. The van der Waals surface area contributed by atoms with Crippen LogP contribution >= 0.6 is 0 Å². The molecule has 0 aliphatic carbocycles. The fourth-order valence-corrected chi connectivity index (χ4v) is 4.54. The molecule has 0 spiro atoms. The van der Waals surface area contributed by atoms with Gasteiger partial charge in [-0.15, -0.1) is 0 Å². The number of benzene rings is 1. The number of carbonyl (C=O) groups is 1. The molecular weight excluding hydrogens is 495 g/mol. The number of alkyl halides is 3. The van der Waals surface area contributed by atoms with Gasteiger partial charge in [0.15, 0.2) is 5.65 Å². The lowest BCUT2D eigenvalue weighted by atomic mass is 9.97. The summed E-state index contributed by atoms with van der Waals surface area (Å²) in [6, 6.07) is 5.68. The first-order chi connectivity index (χ1) is 17.7. The van der Waals surface area contributed by atoms with Gasteiger partial charge in [-0.3, -0.25) is 0 Å². The molecule has 2 aromatic heterocycles. The summed E-state index contributed by atoms with van der Waals surface area (Å²) in [5.74, 6) is 0.996.